The second-order valence-electron chi connectivity index (χ2n) is 5.28. The van der Waals surface area contributed by atoms with Crippen molar-refractivity contribution in [3.05, 3.63) is 22.2 Å². The second-order valence-corrected chi connectivity index (χ2v) is 5.69. The summed E-state index contributed by atoms with van der Waals surface area (Å²) >= 11 is 6.20. The van der Waals surface area contributed by atoms with E-state index in [4.69, 9.17) is 21.1 Å². The monoisotopic (exact) mass is 300 g/mol. The van der Waals surface area contributed by atoms with Gasteiger partial charge in [-0.15, -0.1) is 0 Å². The standard InChI is InChI=1S/C15H21ClO4/c1-6-10-9(8-15(2,3)14(17)18)7-11(16)13(20-5)12(10)19-4/h7H,6,8H2,1-5H3,(H,17,18). The van der Waals surface area contributed by atoms with Crippen molar-refractivity contribution < 1.29 is 19.4 Å². The highest BCUT2D eigenvalue weighted by molar-refractivity contribution is 6.32. The number of hydrogen-bond donors (Lipinski definition) is 1. The highest BCUT2D eigenvalue weighted by Crippen LogP contribution is 2.41. The fourth-order valence-electron chi connectivity index (χ4n) is 2.20. The highest BCUT2D eigenvalue weighted by atomic mass is 35.5. The van der Waals surface area contributed by atoms with Gasteiger partial charge < -0.3 is 14.6 Å². The Balaban J connectivity index is 3.41. The molecule has 0 heterocycles. The zero-order valence-electron chi connectivity index (χ0n) is 12.5. The molecule has 4 nitrogen and oxygen atoms in total. The molecule has 0 unspecified atom stereocenters. The van der Waals surface area contributed by atoms with Gasteiger partial charge in [0.05, 0.1) is 24.7 Å². The van der Waals surface area contributed by atoms with Gasteiger partial charge in [0.2, 0.25) is 0 Å². The van der Waals surface area contributed by atoms with Gasteiger partial charge >= 0.3 is 5.97 Å². The van der Waals surface area contributed by atoms with Gasteiger partial charge in [0.15, 0.2) is 11.5 Å². The van der Waals surface area contributed by atoms with Crippen molar-refractivity contribution in [1.82, 2.24) is 0 Å². The number of benzene rings is 1. The quantitative estimate of drug-likeness (QED) is 0.872. The lowest BCUT2D eigenvalue weighted by molar-refractivity contribution is -0.146. The van der Waals surface area contributed by atoms with Crippen LogP contribution in [0.1, 0.15) is 31.9 Å². The van der Waals surface area contributed by atoms with Crippen LogP contribution in [0.4, 0.5) is 0 Å². The molecule has 0 atom stereocenters. The molecule has 0 fully saturated rings. The maximum Gasteiger partial charge on any atom is 0.309 e. The Labute approximate surface area is 124 Å². The first-order valence-corrected chi connectivity index (χ1v) is 6.81. The topological polar surface area (TPSA) is 55.8 Å². The van der Waals surface area contributed by atoms with E-state index in [2.05, 4.69) is 0 Å². The molecule has 1 N–H and O–H groups in total. The van der Waals surface area contributed by atoms with E-state index in [1.54, 1.807) is 27.0 Å². The lowest BCUT2D eigenvalue weighted by Gasteiger charge is -2.23. The molecule has 0 aliphatic heterocycles. The van der Waals surface area contributed by atoms with Crippen molar-refractivity contribution in [2.45, 2.75) is 33.6 Å². The first-order chi connectivity index (χ1) is 9.28. The van der Waals surface area contributed by atoms with E-state index in [0.717, 1.165) is 11.1 Å². The molecular formula is C15H21ClO4. The van der Waals surface area contributed by atoms with Crippen LogP contribution < -0.4 is 9.47 Å². The molecule has 1 aromatic carbocycles. The van der Waals surface area contributed by atoms with Crippen LogP contribution in [-0.4, -0.2) is 25.3 Å². The number of aliphatic carboxylic acids is 1. The molecule has 0 spiro atoms. The molecule has 0 bridgehead atoms. The number of hydrogen-bond acceptors (Lipinski definition) is 3. The molecule has 112 valence electrons. The van der Waals surface area contributed by atoms with Crippen LogP contribution in [0.2, 0.25) is 5.02 Å². The Morgan fingerprint density at radius 1 is 1.30 bits per heavy atom. The van der Waals surface area contributed by atoms with E-state index in [-0.39, 0.29) is 0 Å². The second kappa shape index (κ2) is 6.35. The number of carboxylic acid groups (broad SMARTS) is 1. The third-order valence-electron chi connectivity index (χ3n) is 3.36. The van der Waals surface area contributed by atoms with E-state index in [0.29, 0.717) is 29.4 Å². The summed E-state index contributed by atoms with van der Waals surface area (Å²) in [5.74, 6) is 0.229. The van der Waals surface area contributed by atoms with E-state index < -0.39 is 11.4 Å². The van der Waals surface area contributed by atoms with Crippen molar-refractivity contribution in [3.8, 4) is 11.5 Å². The summed E-state index contributed by atoms with van der Waals surface area (Å²) in [7, 11) is 3.09. The molecule has 1 aromatic rings. The molecule has 1 rings (SSSR count). The van der Waals surface area contributed by atoms with Gasteiger partial charge in [0.1, 0.15) is 0 Å². The van der Waals surface area contributed by atoms with E-state index in [1.165, 1.54) is 7.11 Å². The summed E-state index contributed by atoms with van der Waals surface area (Å²) in [4.78, 5) is 11.3. The molecule has 0 radical (unpaired) electrons. The summed E-state index contributed by atoms with van der Waals surface area (Å²) in [5.41, 5.74) is 0.943. The number of ether oxygens (including phenoxy) is 2. The fourth-order valence-corrected chi connectivity index (χ4v) is 2.49. The molecule has 0 aliphatic carbocycles. The minimum absolute atomic E-state index is 0.381. The van der Waals surface area contributed by atoms with Gasteiger partial charge in [-0.3, -0.25) is 4.79 Å². The van der Waals surface area contributed by atoms with Crippen LogP contribution in [0.3, 0.4) is 0 Å². The lowest BCUT2D eigenvalue weighted by atomic mass is 9.83. The summed E-state index contributed by atoms with van der Waals surface area (Å²) in [6, 6.07) is 1.77. The van der Waals surface area contributed by atoms with Crippen molar-refractivity contribution in [2.24, 2.45) is 5.41 Å². The minimum atomic E-state index is -0.868. The van der Waals surface area contributed by atoms with Crippen molar-refractivity contribution >= 4 is 17.6 Å². The van der Waals surface area contributed by atoms with Gasteiger partial charge in [-0.2, -0.15) is 0 Å². The maximum absolute atomic E-state index is 11.3. The van der Waals surface area contributed by atoms with Gasteiger partial charge in [0.25, 0.3) is 0 Å². The third-order valence-corrected chi connectivity index (χ3v) is 3.64. The summed E-state index contributed by atoms with van der Waals surface area (Å²) < 4.78 is 10.7. The van der Waals surface area contributed by atoms with Crippen LogP contribution in [0.25, 0.3) is 0 Å². The Hall–Kier alpha value is -1.42. The Bertz CT molecular complexity index is 509. The van der Waals surface area contributed by atoms with Gasteiger partial charge in [-0.05, 0) is 38.3 Å². The number of carbonyl (C=O) groups is 1. The molecule has 0 aromatic heterocycles. The summed E-state index contributed by atoms with van der Waals surface area (Å²) in [6.45, 7) is 5.38. The van der Waals surface area contributed by atoms with Crippen molar-refractivity contribution in [3.63, 3.8) is 0 Å². The number of halogens is 1. The molecule has 0 amide bonds. The maximum atomic E-state index is 11.3. The van der Waals surface area contributed by atoms with E-state index in [1.807, 2.05) is 6.92 Å². The molecule has 0 saturated heterocycles. The Kier molecular flexibility index (Phi) is 5.28. The largest absolute Gasteiger partial charge is 0.493 e. The zero-order chi connectivity index (χ0) is 15.5. The molecule has 20 heavy (non-hydrogen) atoms. The molecular weight excluding hydrogens is 280 g/mol. The molecule has 0 saturated carbocycles. The normalized spacial score (nSPS) is 11.3. The van der Waals surface area contributed by atoms with Crippen molar-refractivity contribution in [1.29, 1.82) is 0 Å². The van der Waals surface area contributed by atoms with Gasteiger partial charge in [0, 0.05) is 5.56 Å². The average Bonchev–Trinajstić information content (AvgIpc) is 2.37. The number of methoxy groups -OCH3 is 2. The SMILES string of the molecule is CCc1c(CC(C)(C)C(=O)O)cc(Cl)c(OC)c1OC. The first kappa shape index (κ1) is 16.6. The lowest BCUT2D eigenvalue weighted by Crippen LogP contribution is -2.26. The van der Waals surface area contributed by atoms with Crippen molar-refractivity contribution in [2.75, 3.05) is 14.2 Å². The summed E-state index contributed by atoms with van der Waals surface area (Å²) in [5, 5.41) is 9.70. The predicted molar refractivity (Wildman–Crippen MR) is 79.1 cm³/mol. The molecule has 0 aliphatic rings. The van der Waals surface area contributed by atoms with E-state index in [9.17, 15) is 9.90 Å². The predicted octanol–water partition coefficient (Wildman–Crippen LogP) is 3.57. The zero-order valence-corrected chi connectivity index (χ0v) is 13.3. The van der Waals surface area contributed by atoms with Crippen LogP contribution in [0.15, 0.2) is 6.07 Å². The Morgan fingerprint density at radius 2 is 1.85 bits per heavy atom. The fraction of sp³-hybridized carbons (Fsp3) is 0.533. The Morgan fingerprint density at radius 3 is 2.25 bits per heavy atom. The first-order valence-electron chi connectivity index (χ1n) is 6.44. The average molecular weight is 301 g/mol. The van der Waals surface area contributed by atoms with Crippen LogP contribution in [-0.2, 0) is 17.6 Å². The molecule has 5 heteroatoms. The number of rotatable bonds is 6. The van der Waals surface area contributed by atoms with E-state index >= 15 is 0 Å². The van der Waals surface area contributed by atoms with Gasteiger partial charge in [-0.25, -0.2) is 0 Å². The van der Waals surface area contributed by atoms with Crippen LogP contribution in [0, 0.1) is 5.41 Å². The minimum Gasteiger partial charge on any atom is -0.493 e. The van der Waals surface area contributed by atoms with Crippen LogP contribution in [0.5, 0.6) is 11.5 Å². The summed E-state index contributed by atoms with van der Waals surface area (Å²) in [6.07, 6.45) is 1.09. The van der Waals surface area contributed by atoms with Gasteiger partial charge in [-0.1, -0.05) is 18.5 Å². The highest BCUT2D eigenvalue weighted by Gasteiger charge is 2.30. The number of carboxylic acids is 1. The smallest absolute Gasteiger partial charge is 0.309 e. The third kappa shape index (κ3) is 3.18. The van der Waals surface area contributed by atoms with Crippen LogP contribution >= 0.6 is 11.6 Å².